The molecule has 0 bridgehead atoms. The number of carbonyl (C=O) groups excluding carboxylic acids is 1. The smallest absolute Gasteiger partial charge is 0.433 e. The average molecular weight is 383 g/mol. The Bertz CT molecular complexity index is 867. The summed E-state index contributed by atoms with van der Waals surface area (Å²) in [6.07, 6.45) is -3.89. The van der Waals surface area contributed by atoms with Crippen molar-refractivity contribution in [1.82, 2.24) is 9.78 Å². The van der Waals surface area contributed by atoms with Crippen LogP contribution < -0.4 is 5.32 Å². The molecule has 2 N–H and O–H groups in total. The molecule has 0 saturated carbocycles. The minimum Gasteiger partial charge on any atom is -0.481 e. The molecule has 1 amide bonds. The van der Waals surface area contributed by atoms with E-state index in [1.54, 1.807) is 26.8 Å². The molecule has 2 rings (SSSR count). The van der Waals surface area contributed by atoms with Crippen molar-refractivity contribution in [2.24, 2.45) is 0 Å². The molecule has 1 heterocycles. The number of amides is 1. The Morgan fingerprint density at radius 1 is 1.22 bits per heavy atom. The van der Waals surface area contributed by atoms with Gasteiger partial charge in [0.05, 0.1) is 23.2 Å². The molecule has 1 unspecified atom stereocenters. The van der Waals surface area contributed by atoms with E-state index in [2.05, 4.69) is 10.4 Å². The maximum Gasteiger partial charge on any atom is 0.433 e. The van der Waals surface area contributed by atoms with Gasteiger partial charge in [0.15, 0.2) is 5.69 Å². The Balaban J connectivity index is 2.39. The van der Waals surface area contributed by atoms with Gasteiger partial charge in [0.1, 0.15) is 0 Å². The molecule has 0 aliphatic carbocycles. The molecule has 146 valence electrons. The molecule has 1 atom stereocenters. The molecule has 0 radical (unpaired) electrons. The molecule has 0 saturated heterocycles. The highest BCUT2D eigenvalue weighted by atomic mass is 19.4. The first kappa shape index (κ1) is 20.5. The van der Waals surface area contributed by atoms with Crippen LogP contribution in [0.25, 0.3) is 0 Å². The van der Waals surface area contributed by atoms with Gasteiger partial charge in [-0.25, -0.2) is 0 Å². The molecule has 27 heavy (non-hydrogen) atoms. The third kappa shape index (κ3) is 4.47. The number of aliphatic carboxylic acids is 1. The summed E-state index contributed by atoms with van der Waals surface area (Å²) >= 11 is 0. The fourth-order valence-electron chi connectivity index (χ4n) is 2.52. The monoisotopic (exact) mass is 383 g/mol. The summed E-state index contributed by atoms with van der Waals surface area (Å²) in [6, 6.07) is 5.97. The van der Waals surface area contributed by atoms with Gasteiger partial charge in [-0.3, -0.25) is 14.3 Å². The lowest BCUT2D eigenvalue weighted by Gasteiger charge is -2.23. The van der Waals surface area contributed by atoms with Crippen molar-refractivity contribution < 1.29 is 27.9 Å². The summed E-state index contributed by atoms with van der Waals surface area (Å²) in [4.78, 5) is 23.5. The Kier molecular flexibility index (Phi) is 5.35. The van der Waals surface area contributed by atoms with Crippen molar-refractivity contribution in [2.45, 2.75) is 45.3 Å². The predicted molar refractivity (Wildman–Crippen MR) is 92.7 cm³/mol. The minimum absolute atomic E-state index is 0.197. The second-order valence-electron chi connectivity index (χ2n) is 7.13. The lowest BCUT2D eigenvalue weighted by molar-refractivity contribution is -0.146. The number of carboxylic acid groups (broad SMARTS) is 1. The molecule has 0 aliphatic heterocycles. The van der Waals surface area contributed by atoms with E-state index < -0.39 is 40.8 Å². The van der Waals surface area contributed by atoms with E-state index in [0.29, 0.717) is 5.56 Å². The second kappa shape index (κ2) is 7.05. The van der Waals surface area contributed by atoms with Crippen LogP contribution in [-0.2, 0) is 16.5 Å². The van der Waals surface area contributed by atoms with Gasteiger partial charge in [-0.2, -0.15) is 18.3 Å². The number of aromatic nitrogens is 2. The van der Waals surface area contributed by atoms with E-state index in [9.17, 15) is 22.8 Å². The van der Waals surface area contributed by atoms with Crippen molar-refractivity contribution in [3.05, 3.63) is 47.3 Å². The van der Waals surface area contributed by atoms with Gasteiger partial charge in [0, 0.05) is 5.69 Å². The molecule has 0 aliphatic rings. The average Bonchev–Trinajstić information content (AvgIpc) is 3.00. The third-order valence-corrected chi connectivity index (χ3v) is 3.93. The van der Waals surface area contributed by atoms with E-state index in [1.807, 2.05) is 0 Å². The lowest BCUT2D eigenvalue weighted by Crippen LogP contribution is -2.30. The first-order chi connectivity index (χ1) is 12.3. The van der Waals surface area contributed by atoms with Crippen LogP contribution in [0.1, 0.15) is 55.2 Å². The Labute approximate surface area is 154 Å². The van der Waals surface area contributed by atoms with Crippen LogP contribution in [0.5, 0.6) is 0 Å². The molecule has 9 heteroatoms. The number of anilines is 1. The van der Waals surface area contributed by atoms with Gasteiger partial charge in [0.2, 0.25) is 0 Å². The molecule has 6 nitrogen and oxygen atoms in total. The first-order valence-electron chi connectivity index (χ1n) is 8.12. The number of halogens is 3. The number of carboxylic acids is 1. The van der Waals surface area contributed by atoms with Gasteiger partial charge in [-0.05, 0) is 45.4 Å². The zero-order valence-corrected chi connectivity index (χ0v) is 15.3. The number of alkyl halides is 3. The molecule has 0 fully saturated rings. The Morgan fingerprint density at radius 3 is 2.37 bits per heavy atom. The van der Waals surface area contributed by atoms with Crippen LogP contribution in [0.15, 0.2) is 30.5 Å². The van der Waals surface area contributed by atoms with Crippen molar-refractivity contribution in [3.8, 4) is 0 Å². The number of carbonyl (C=O) groups is 2. The highest BCUT2D eigenvalue weighted by Crippen LogP contribution is 2.35. The number of nitrogens with one attached hydrogen (secondary N) is 1. The Hall–Kier alpha value is -2.84. The number of hydrogen-bond acceptors (Lipinski definition) is 3. The van der Waals surface area contributed by atoms with E-state index >= 15 is 0 Å². The SMILES string of the molecule is CC(C(=O)O)c1cccc(NC(=O)c2cnn(C(C)(C)C)c2C(F)(F)F)c1. The van der Waals surface area contributed by atoms with Crippen LogP contribution in [0.2, 0.25) is 0 Å². The fraction of sp³-hybridized carbons (Fsp3) is 0.389. The summed E-state index contributed by atoms with van der Waals surface area (Å²) in [5, 5.41) is 15.2. The topological polar surface area (TPSA) is 84.2 Å². The van der Waals surface area contributed by atoms with Crippen molar-refractivity contribution in [3.63, 3.8) is 0 Å². The summed E-state index contributed by atoms with van der Waals surface area (Å²) in [5.41, 5.74) is -2.10. The normalized spacial score (nSPS) is 13.3. The molecule has 2 aromatic rings. The highest BCUT2D eigenvalue weighted by Gasteiger charge is 2.42. The number of rotatable bonds is 4. The standard InChI is InChI=1S/C18H20F3N3O3/c1-10(16(26)27)11-6-5-7-12(8-11)23-15(25)13-9-22-24(17(2,3)4)14(13)18(19,20)21/h5-10H,1-4H3,(H,23,25)(H,26,27). The molecule has 1 aromatic carbocycles. The van der Waals surface area contributed by atoms with Crippen LogP contribution in [-0.4, -0.2) is 26.8 Å². The molecular formula is C18H20F3N3O3. The summed E-state index contributed by atoms with van der Waals surface area (Å²) < 4.78 is 41.3. The summed E-state index contributed by atoms with van der Waals surface area (Å²) in [7, 11) is 0. The first-order valence-corrected chi connectivity index (χ1v) is 8.12. The van der Waals surface area contributed by atoms with Gasteiger partial charge in [-0.1, -0.05) is 12.1 Å². The zero-order chi connectivity index (χ0) is 20.6. The van der Waals surface area contributed by atoms with Crippen LogP contribution in [0, 0.1) is 0 Å². The maximum absolute atomic E-state index is 13.5. The number of benzene rings is 1. The van der Waals surface area contributed by atoms with Crippen molar-refractivity contribution >= 4 is 17.6 Å². The van der Waals surface area contributed by atoms with E-state index in [0.717, 1.165) is 10.9 Å². The maximum atomic E-state index is 13.5. The van der Waals surface area contributed by atoms with Crippen LogP contribution >= 0.6 is 0 Å². The Morgan fingerprint density at radius 2 is 1.85 bits per heavy atom. The number of hydrogen-bond donors (Lipinski definition) is 2. The van der Waals surface area contributed by atoms with Crippen molar-refractivity contribution in [2.75, 3.05) is 5.32 Å². The molecule has 0 spiro atoms. The lowest BCUT2D eigenvalue weighted by atomic mass is 10.0. The third-order valence-electron chi connectivity index (χ3n) is 3.93. The zero-order valence-electron chi connectivity index (χ0n) is 15.3. The largest absolute Gasteiger partial charge is 0.481 e. The molecular weight excluding hydrogens is 363 g/mol. The van der Waals surface area contributed by atoms with Crippen LogP contribution in [0.4, 0.5) is 18.9 Å². The van der Waals surface area contributed by atoms with E-state index in [1.165, 1.54) is 25.1 Å². The minimum atomic E-state index is -4.77. The van der Waals surface area contributed by atoms with E-state index in [4.69, 9.17) is 5.11 Å². The van der Waals surface area contributed by atoms with Gasteiger partial charge in [-0.15, -0.1) is 0 Å². The van der Waals surface area contributed by atoms with Gasteiger partial charge < -0.3 is 10.4 Å². The molecule has 1 aromatic heterocycles. The fourth-order valence-corrected chi connectivity index (χ4v) is 2.52. The number of nitrogens with zero attached hydrogens (tertiary/aromatic N) is 2. The van der Waals surface area contributed by atoms with E-state index in [-0.39, 0.29) is 5.69 Å². The second-order valence-corrected chi connectivity index (χ2v) is 7.13. The summed E-state index contributed by atoms with van der Waals surface area (Å²) in [5.74, 6) is -2.85. The summed E-state index contributed by atoms with van der Waals surface area (Å²) in [6.45, 7) is 6.12. The highest BCUT2D eigenvalue weighted by molar-refractivity contribution is 6.05. The van der Waals surface area contributed by atoms with Gasteiger partial charge >= 0.3 is 12.1 Å². The quantitative estimate of drug-likeness (QED) is 0.833. The van der Waals surface area contributed by atoms with Crippen molar-refractivity contribution in [1.29, 1.82) is 0 Å². The predicted octanol–water partition coefficient (Wildman–Crippen LogP) is 4.10. The van der Waals surface area contributed by atoms with Gasteiger partial charge in [0.25, 0.3) is 5.91 Å². The van der Waals surface area contributed by atoms with Crippen LogP contribution in [0.3, 0.4) is 0 Å².